The molecule has 0 saturated heterocycles. The van der Waals surface area contributed by atoms with Crippen molar-refractivity contribution in [2.45, 2.75) is 59.5 Å². The first-order valence-corrected chi connectivity index (χ1v) is 12.9. The lowest BCUT2D eigenvalue weighted by Crippen LogP contribution is -2.40. The van der Waals surface area contributed by atoms with Gasteiger partial charge in [0.1, 0.15) is 5.69 Å². The number of aromatic nitrogens is 4. The van der Waals surface area contributed by atoms with Crippen LogP contribution in [-0.4, -0.2) is 31.7 Å². The molecule has 5 rings (SSSR count). The number of thiazole rings is 1. The Balaban J connectivity index is 1.38. The number of carbonyl (C=O) groups excluding carboxylic acids is 2. The van der Waals surface area contributed by atoms with Crippen LogP contribution in [0.2, 0.25) is 0 Å². The van der Waals surface area contributed by atoms with Gasteiger partial charge in [-0.2, -0.15) is 0 Å². The molecule has 1 aliphatic heterocycles. The first-order valence-electron chi connectivity index (χ1n) is 12.1. The van der Waals surface area contributed by atoms with Crippen LogP contribution in [-0.2, 0) is 22.7 Å². The van der Waals surface area contributed by atoms with Crippen LogP contribution in [0.1, 0.15) is 61.4 Å². The Bertz CT molecular complexity index is 1380. The molecule has 0 spiro atoms. The third-order valence-electron chi connectivity index (χ3n) is 6.73. The van der Waals surface area contributed by atoms with Crippen molar-refractivity contribution in [3.63, 3.8) is 0 Å². The zero-order valence-corrected chi connectivity index (χ0v) is 21.8. The predicted octanol–water partition coefficient (Wildman–Crippen LogP) is 4.01. The molecule has 1 unspecified atom stereocenters. The number of hydrogen-bond donors (Lipinski definition) is 2. The second kappa shape index (κ2) is 9.46. The number of benzene rings is 1. The van der Waals surface area contributed by atoms with E-state index in [1.165, 1.54) is 11.3 Å². The average molecular weight is 503 g/mol. The summed E-state index contributed by atoms with van der Waals surface area (Å²) in [4.78, 5) is 32.3. The van der Waals surface area contributed by atoms with Crippen LogP contribution < -0.4 is 10.6 Å². The first-order chi connectivity index (χ1) is 17.2. The maximum absolute atomic E-state index is 13.6. The van der Waals surface area contributed by atoms with Gasteiger partial charge in [0.25, 0.3) is 0 Å². The lowest BCUT2D eigenvalue weighted by molar-refractivity contribution is -0.118. The fourth-order valence-corrected chi connectivity index (χ4v) is 6.04. The summed E-state index contributed by atoms with van der Waals surface area (Å²) in [6.45, 7) is 8.90. The van der Waals surface area contributed by atoms with Crippen LogP contribution in [0.15, 0.2) is 64.6 Å². The minimum Gasteiger partial charge on any atom is -0.362 e. The Morgan fingerprint density at radius 2 is 2.00 bits per heavy atom. The van der Waals surface area contributed by atoms with Crippen LogP contribution in [0, 0.1) is 12.3 Å². The third kappa shape index (κ3) is 4.75. The number of aryl methyl sites for hydroxylation is 1. The van der Waals surface area contributed by atoms with Crippen molar-refractivity contribution in [2.75, 3.05) is 0 Å². The van der Waals surface area contributed by atoms with E-state index in [9.17, 15) is 9.59 Å². The van der Waals surface area contributed by atoms with Gasteiger partial charge in [-0.25, -0.2) is 9.67 Å². The summed E-state index contributed by atoms with van der Waals surface area (Å²) < 4.78 is 1.76. The van der Waals surface area contributed by atoms with Crippen LogP contribution in [0.4, 0.5) is 0 Å². The summed E-state index contributed by atoms with van der Waals surface area (Å²) in [5.74, 6) is -0.557. The van der Waals surface area contributed by atoms with Crippen LogP contribution in [0.3, 0.4) is 0 Å². The van der Waals surface area contributed by atoms with E-state index in [-0.39, 0.29) is 23.7 Å². The average Bonchev–Trinajstić information content (AvgIpc) is 3.45. The van der Waals surface area contributed by atoms with Crippen molar-refractivity contribution in [2.24, 2.45) is 5.41 Å². The molecule has 1 amide bonds. The number of carbonyl (C=O) groups is 2. The number of ketones is 1. The molecule has 36 heavy (non-hydrogen) atoms. The number of hydrogen-bond acceptors (Lipinski definition) is 7. The largest absolute Gasteiger partial charge is 0.362 e. The van der Waals surface area contributed by atoms with Gasteiger partial charge < -0.3 is 10.6 Å². The molecule has 2 aliphatic rings. The number of rotatable bonds is 6. The molecular formula is C27H30N6O2S. The number of allylic oxidation sites excluding steroid dienone is 3. The van der Waals surface area contributed by atoms with Crippen molar-refractivity contribution in [1.82, 2.24) is 30.6 Å². The summed E-state index contributed by atoms with van der Waals surface area (Å²) in [5.41, 5.74) is 7.24. The minimum absolute atomic E-state index is 0.0909. The topological polar surface area (TPSA) is 102 Å². The Hall–Kier alpha value is -3.59. The Morgan fingerprint density at radius 1 is 1.22 bits per heavy atom. The molecule has 0 bridgehead atoms. The molecule has 0 fully saturated rings. The lowest BCUT2D eigenvalue weighted by atomic mass is 9.69. The standard InChI is InChI=1S/C27H30N6O2S/c1-16-22(26(35)28-12-19-14-33(32-31-19)13-18-8-6-5-7-9-18)24(25-17(2)29-15-36-25)23-20(30-16)10-27(3,4)11-21(23)34/h5-9,14-15,24,30H,10-13H2,1-4H3,(H,28,35). The molecule has 1 aliphatic carbocycles. The molecule has 1 atom stereocenters. The van der Waals surface area contributed by atoms with E-state index >= 15 is 0 Å². The molecule has 2 N–H and O–H groups in total. The van der Waals surface area contributed by atoms with Crippen molar-refractivity contribution in [3.05, 3.63) is 86.4 Å². The monoisotopic (exact) mass is 502 g/mol. The number of nitrogens with zero attached hydrogens (tertiary/aromatic N) is 4. The Labute approximate surface area is 214 Å². The zero-order valence-electron chi connectivity index (χ0n) is 21.0. The van der Waals surface area contributed by atoms with Gasteiger partial charge in [-0.1, -0.05) is 49.4 Å². The second-order valence-electron chi connectivity index (χ2n) is 10.3. The van der Waals surface area contributed by atoms with Crippen molar-refractivity contribution >= 4 is 23.0 Å². The molecule has 0 radical (unpaired) electrons. The molecule has 9 heteroatoms. The fraction of sp³-hybridized carbons (Fsp3) is 0.370. The van der Waals surface area contributed by atoms with E-state index in [1.807, 2.05) is 50.4 Å². The highest BCUT2D eigenvalue weighted by Crippen LogP contribution is 2.47. The predicted molar refractivity (Wildman–Crippen MR) is 138 cm³/mol. The van der Waals surface area contributed by atoms with E-state index in [1.54, 1.807) is 10.2 Å². The van der Waals surface area contributed by atoms with E-state index in [2.05, 4.69) is 39.8 Å². The summed E-state index contributed by atoms with van der Waals surface area (Å²) in [7, 11) is 0. The molecule has 3 aromatic rings. The Morgan fingerprint density at radius 3 is 2.72 bits per heavy atom. The summed E-state index contributed by atoms with van der Waals surface area (Å²) in [5, 5.41) is 14.8. The van der Waals surface area contributed by atoms with Crippen molar-refractivity contribution in [3.8, 4) is 0 Å². The zero-order chi connectivity index (χ0) is 25.4. The van der Waals surface area contributed by atoms with Gasteiger partial charge in [-0.15, -0.1) is 16.4 Å². The van der Waals surface area contributed by atoms with Gasteiger partial charge in [0, 0.05) is 33.8 Å². The number of Topliss-reactive ketones (excluding diaryl/α,β-unsaturated/α-hetero) is 1. The smallest absolute Gasteiger partial charge is 0.250 e. The Kier molecular flexibility index (Phi) is 6.34. The molecule has 0 saturated carbocycles. The summed E-state index contributed by atoms with van der Waals surface area (Å²) >= 11 is 1.49. The van der Waals surface area contributed by atoms with Gasteiger partial charge in [0.05, 0.1) is 36.4 Å². The number of amides is 1. The van der Waals surface area contributed by atoms with Crippen LogP contribution >= 0.6 is 11.3 Å². The van der Waals surface area contributed by atoms with E-state index in [0.29, 0.717) is 29.8 Å². The number of nitrogens with one attached hydrogen (secondary N) is 2. The van der Waals surface area contributed by atoms with Gasteiger partial charge in [0.2, 0.25) is 5.91 Å². The molecular weight excluding hydrogens is 472 g/mol. The number of dihydropyridines is 1. The highest BCUT2D eigenvalue weighted by molar-refractivity contribution is 7.10. The molecule has 8 nitrogen and oxygen atoms in total. The highest BCUT2D eigenvalue weighted by atomic mass is 32.1. The lowest BCUT2D eigenvalue weighted by Gasteiger charge is -2.39. The fourth-order valence-electron chi connectivity index (χ4n) is 5.12. The van der Waals surface area contributed by atoms with Gasteiger partial charge in [-0.05, 0) is 31.2 Å². The molecule has 3 heterocycles. The maximum Gasteiger partial charge on any atom is 0.250 e. The second-order valence-corrected chi connectivity index (χ2v) is 11.2. The normalized spacial score (nSPS) is 19.2. The van der Waals surface area contributed by atoms with Gasteiger partial charge >= 0.3 is 0 Å². The van der Waals surface area contributed by atoms with E-state index in [4.69, 9.17) is 0 Å². The molecule has 2 aromatic heterocycles. The van der Waals surface area contributed by atoms with E-state index < -0.39 is 5.92 Å². The third-order valence-corrected chi connectivity index (χ3v) is 7.73. The highest BCUT2D eigenvalue weighted by Gasteiger charge is 2.43. The summed E-state index contributed by atoms with van der Waals surface area (Å²) in [6, 6.07) is 10.0. The van der Waals surface area contributed by atoms with Crippen LogP contribution in [0.25, 0.3) is 0 Å². The minimum atomic E-state index is -0.425. The first kappa shape index (κ1) is 24.1. The van der Waals surface area contributed by atoms with Crippen LogP contribution in [0.5, 0.6) is 0 Å². The quantitative estimate of drug-likeness (QED) is 0.528. The van der Waals surface area contributed by atoms with E-state index in [0.717, 1.165) is 33.9 Å². The maximum atomic E-state index is 13.6. The van der Waals surface area contributed by atoms with Crippen molar-refractivity contribution in [1.29, 1.82) is 0 Å². The molecule has 186 valence electrons. The van der Waals surface area contributed by atoms with Gasteiger partial charge in [-0.3, -0.25) is 9.59 Å². The molecule has 1 aromatic carbocycles. The SMILES string of the molecule is CC1=C(C(=O)NCc2cn(Cc3ccccc3)nn2)C(c2scnc2C)C2=C(CC(C)(C)CC2=O)N1. The summed E-state index contributed by atoms with van der Waals surface area (Å²) in [6.07, 6.45) is 3.06. The van der Waals surface area contributed by atoms with Crippen molar-refractivity contribution < 1.29 is 9.59 Å². The van der Waals surface area contributed by atoms with Gasteiger partial charge in [0.15, 0.2) is 5.78 Å².